The van der Waals surface area contributed by atoms with E-state index in [1.165, 1.54) is 60.1 Å². The Bertz CT molecular complexity index is 1070. The highest BCUT2D eigenvalue weighted by atomic mass is 16.3. The van der Waals surface area contributed by atoms with Gasteiger partial charge in [0.05, 0.1) is 0 Å². The number of aryl methyl sites for hydroxylation is 2. The minimum Gasteiger partial charge on any atom is -0.508 e. The second-order valence-corrected chi connectivity index (χ2v) is 8.90. The number of phenolic OH excluding ortho intramolecular Hbond substituents is 2. The molecule has 0 saturated heterocycles. The van der Waals surface area contributed by atoms with E-state index in [9.17, 15) is 10.2 Å². The molecule has 4 aromatic carbocycles. The van der Waals surface area contributed by atoms with Crippen molar-refractivity contribution >= 4 is 21.5 Å². The van der Waals surface area contributed by atoms with E-state index in [1.54, 1.807) is 0 Å². The van der Waals surface area contributed by atoms with Gasteiger partial charge < -0.3 is 10.2 Å². The third kappa shape index (κ3) is 5.43. The third-order valence-electron chi connectivity index (χ3n) is 6.64. The van der Waals surface area contributed by atoms with Gasteiger partial charge in [-0.1, -0.05) is 99.2 Å². The molecule has 0 aliphatic rings. The zero-order valence-electron chi connectivity index (χ0n) is 18.9. The van der Waals surface area contributed by atoms with Crippen molar-refractivity contribution in [2.24, 2.45) is 0 Å². The first-order chi connectivity index (χ1) is 15.7. The lowest BCUT2D eigenvalue weighted by atomic mass is 9.97. The quantitative estimate of drug-likeness (QED) is 0.237. The highest BCUT2D eigenvalue weighted by molar-refractivity contribution is 5.88. The van der Waals surface area contributed by atoms with Crippen LogP contribution in [-0.2, 0) is 12.8 Å². The molecule has 0 radical (unpaired) electrons. The van der Waals surface area contributed by atoms with Crippen LogP contribution in [0.15, 0.2) is 72.8 Å². The normalized spacial score (nSPS) is 11.4. The molecule has 0 atom stereocenters. The smallest absolute Gasteiger partial charge is 0.119 e. The summed E-state index contributed by atoms with van der Waals surface area (Å²) < 4.78 is 0. The van der Waals surface area contributed by atoms with E-state index in [4.69, 9.17) is 0 Å². The molecular weight excluding hydrogens is 392 g/mol. The Hall–Kier alpha value is -3.00. The molecule has 0 saturated carbocycles. The van der Waals surface area contributed by atoms with Gasteiger partial charge in [0, 0.05) is 11.1 Å². The van der Waals surface area contributed by atoms with E-state index < -0.39 is 0 Å². The van der Waals surface area contributed by atoms with E-state index >= 15 is 0 Å². The molecule has 0 amide bonds. The van der Waals surface area contributed by atoms with Crippen LogP contribution in [0.25, 0.3) is 21.5 Å². The zero-order chi connectivity index (χ0) is 22.2. The molecule has 0 fully saturated rings. The summed E-state index contributed by atoms with van der Waals surface area (Å²) in [4.78, 5) is 0. The maximum atomic E-state index is 10.3. The second-order valence-electron chi connectivity index (χ2n) is 8.90. The number of hydrogen-bond acceptors (Lipinski definition) is 2. The van der Waals surface area contributed by atoms with Crippen molar-refractivity contribution in [1.82, 2.24) is 0 Å². The summed E-state index contributed by atoms with van der Waals surface area (Å²) in [5, 5.41) is 25.3. The van der Waals surface area contributed by atoms with Crippen molar-refractivity contribution in [3.63, 3.8) is 0 Å². The average Bonchev–Trinajstić information content (AvgIpc) is 2.82. The number of aromatic hydroxyl groups is 2. The molecule has 0 bridgehead atoms. The first-order valence-corrected chi connectivity index (χ1v) is 12.1. The molecule has 0 aliphatic carbocycles. The number of phenols is 2. The lowest BCUT2D eigenvalue weighted by molar-refractivity contribution is 0.466. The van der Waals surface area contributed by atoms with E-state index in [2.05, 4.69) is 24.3 Å². The fourth-order valence-corrected chi connectivity index (χ4v) is 4.84. The minimum atomic E-state index is 0.431. The van der Waals surface area contributed by atoms with Crippen molar-refractivity contribution in [3.05, 3.63) is 83.9 Å². The molecule has 0 spiro atoms. The fourth-order valence-electron chi connectivity index (χ4n) is 4.84. The van der Waals surface area contributed by atoms with Crippen molar-refractivity contribution in [2.75, 3.05) is 0 Å². The number of fused-ring (bicyclic) bond motifs is 2. The summed E-state index contributed by atoms with van der Waals surface area (Å²) in [6, 6.07) is 24.3. The van der Waals surface area contributed by atoms with Gasteiger partial charge in [-0.15, -0.1) is 0 Å². The van der Waals surface area contributed by atoms with E-state index in [1.807, 2.05) is 48.5 Å². The van der Waals surface area contributed by atoms with Crippen molar-refractivity contribution in [1.29, 1.82) is 0 Å². The highest BCUT2D eigenvalue weighted by Crippen LogP contribution is 2.30. The van der Waals surface area contributed by atoms with Gasteiger partial charge in [-0.05, 0) is 59.4 Å². The zero-order valence-corrected chi connectivity index (χ0v) is 18.9. The molecule has 2 nitrogen and oxygen atoms in total. The molecule has 0 heterocycles. The third-order valence-corrected chi connectivity index (χ3v) is 6.64. The van der Waals surface area contributed by atoms with Crippen molar-refractivity contribution < 1.29 is 10.2 Å². The van der Waals surface area contributed by atoms with Gasteiger partial charge in [0.1, 0.15) is 11.5 Å². The SMILES string of the molecule is Oc1ccc2ccccc2c1CCCCCCCCCCc1c(O)ccc2ccccc12. The van der Waals surface area contributed by atoms with Crippen LogP contribution in [0.5, 0.6) is 11.5 Å². The standard InChI is InChI=1S/C30H34O2/c31-29-21-19-23-13-9-11-15-25(23)27(29)17-7-5-3-1-2-4-6-8-18-28-26-16-12-10-14-24(26)20-22-30(28)32/h9-16,19-22,31-32H,1-8,17-18H2. The highest BCUT2D eigenvalue weighted by Gasteiger charge is 2.07. The minimum absolute atomic E-state index is 0.431. The van der Waals surface area contributed by atoms with Gasteiger partial charge in [-0.25, -0.2) is 0 Å². The van der Waals surface area contributed by atoms with Gasteiger partial charge >= 0.3 is 0 Å². The molecule has 4 rings (SSSR count). The van der Waals surface area contributed by atoms with Crippen LogP contribution in [0.2, 0.25) is 0 Å². The molecule has 32 heavy (non-hydrogen) atoms. The van der Waals surface area contributed by atoms with Gasteiger partial charge in [-0.2, -0.15) is 0 Å². The molecule has 0 aromatic heterocycles. The Kier molecular flexibility index (Phi) is 7.66. The van der Waals surface area contributed by atoms with Crippen LogP contribution >= 0.6 is 0 Å². The van der Waals surface area contributed by atoms with Gasteiger partial charge in [0.15, 0.2) is 0 Å². The summed E-state index contributed by atoms with van der Waals surface area (Å²) >= 11 is 0. The number of hydrogen-bond donors (Lipinski definition) is 2. The van der Waals surface area contributed by atoms with E-state index in [-0.39, 0.29) is 0 Å². The van der Waals surface area contributed by atoms with Crippen molar-refractivity contribution in [3.8, 4) is 11.5 Å². The van der Waals surface area contributed by atoms with Crippen LogP contribution in [0.4, 0.5) is 0 Å². The summed E-state index contributed by atoms with van der Waals surface area (Å²) in [5.74, 6) is 0.863. The van der Waals surface area contributed by atoms with Crippen LogP contribution in [0.3, 0.4) is 0 Å². The fraction of sp³-hybridized carbons (Fsp3) is 0.333. The first-order valence-electron chi connectivity index (χ1n) is 12.1. The first kappa shape index (κ1) is 22.2. The molecular formula is C30H34O2. The summed E-state index contributed by atoms with van der Waals surface area (Å²) in [7, 11) is 0. The van der Waals surface area contributed by atoms with Crippen LogP contribution in [-0.4, -0.2) is 10.2 Å². The molecule has 4 aromatic rings. The second kappa shape index (κ2) is 11.0. The predicted molar refractivity (Wildman–Crippen MR) is 136 cm³/mol. The maximum absolute atomic E-state index is 10.3. The monoisotopic (exact) mass is 426 g/mol. The summed E-state index contributed by atoms with van der Waals surface area (Å²) in [6.07, 6.45) is 11.7. The molecule has 2 heteroatoms. The summed E-state index contributed by atoms with van der Waals surface area (Å²) in [6.45, 7) is 0. The number of benzene rings is 4. The number of unbranched alkanes of at least 4 members (excludes halogenated alkanes) is 7. The average molecular weight is 427 g/mol. The predicted octanol–water partition coefficient (Wildman–Crippen LogP) is 8.31. The lowest BCUT2D eigenvalue weighted by Gasteiger charge is -2.10. The topological polar surface area (TPSA) is 40.5 Å². The van der Waals surface area contributed by atoms with E-state index in [0.717, 1.165) is 36.8 Å². The molecule has 2 N–H and O–H groups in total. The molecule has 166 valence electrons. The molecule has 0 unspecified atom stereocenters. The van der Waals surface area contributed by atoms with Crippen LogP contribution < -0.4 is 0 Å². The Labute approximate surface area is 191 Å². The lowest BCUT2D eigenvalue weighted by Crippen LogP contribution is -1.91. The Balaban J connectivity index is 1.12. The Morgan fingerprint density at radius 3 is 1.22 bits per heavy atom. The van der Waals surface area contributed by atoms with Gasteiger partial charge in [0.2, 0.25) is 0 Å². The van der Waals surface area contributed by atoms with Gasteiger partial charge in [0.25, 0.3) is 0 Å². The Morgan fingerprint density at radius 1 is 0.406 bits per heavy atom. The molecule has 0 aliphatic heterocycles. The summed E-state index contributed by atoms with van der Waals surface area (Å²) in [5.41, 5.74) is 2.19. The van der Waals surface area contributed by atoms with Gasteiger partial charge in [-0.3, -0.25) is 0 Å². The largest absolute Gasteiger partial charge is 0.508 e. The van der Waals surface area contributed by atoms with Crippen LogP contribution in [0, 0.1) is 0 Å². The Morgan fingerprint density at radius 2 is 0.781 bits per heavy atom. The van der Waals surface area contributed by atoms with Crippen LogP contribution in [0.1, 0.15) is 62.5 Å². The maximum Gasteiger partial charge on any atom is 0.119 e. The van der Waals surface area contributed by atoms with E-state index in [0.29, 0.717) is 11.5 Å². The van der Waals surface area contributed by atoms with Crippen molar-refractivity contribution in [2.45, 2.75) is 64.2 Å². The number of rotatable bonds is 11.